The van der Waals surface area contributed by atoms with Crippen LogP contribution in [0.4, 0.5) is 18.9 Å². The number of hydrogen-bond donors (Lipinski definition) is 1. The molecule has 3 aromatic carbocycles. The molecule has 3 aromatic rings. The fourth-order valence-electron chi connectivity index (χ4n) is 2.46. The number of ether oxygens (including phenoxy) is 1. The third kappa shape index (κ3) is 5.13. The van der Waals surface area contributed by atoms with Gasteiger partial charge < -0.3 is 10.1 Å². The van der Waals surface area contributed by atoms with Gasteiger partial charge in [0, 0.05) is 10.0 Å². The van der Waals surface area contributed by atoms with Crippen LogP contribution in [0.1, 0.15) is 21.5 Å². The predicted octanol–water partition coefficient (Wildman–Crippen LogP) is 6.30. The fraction of sp³-hybridized carbons (Fsp3) is 0.0952. The van der Waals surface area contributed by atoms with E-state index in [0.29, 0.717) is 5.56 Å². The van der Waals surface area contributed by atoms with Crippen LogP contribution >= 0.6 is 15.9 Å². The second kappa shape index (κ2) is 8.48. The molecule has 0 radical (unpaired) electrons. The molecule has 0 saturated heterocycles. The van der Waals surface area contributed by atoms with Gasteiger partial charge in [-0.1, -0.05) is 46.3 Å². The molecule has 0 aliphatic carbocycles. The maximum atomic E-state index is 13.1. The van der Waals surface area contributed by atoms with Crippen LogP contribution in [-0.4, -0.2) is 5.91 Å². The first kappa shape index (κ1) is 19.9. The summed E-state index contributed by atoms with van der Waals surface area (Å²) >= 11 is 3.27. The van der Waals surface area contributed by atoms with Gasteiger partial charge in [0.05, 0.1) is 11.3 Å². The van der Waals surface area contributed by atoms with Gasteiger partial charge >= 0.3 is 6.18 Å². The van der Waals surface area contributed by atoms with Gasteiger partial charge in [0.15, 0.2) is 0 Å². The first-order chi connectivity index (χ1) is 13.3. The van der Waals surface area contributed by atoms with E-state index in [1.807, 2.05) is 30.3 Å². The molecule has 0 aromatic heterocycles. The molecule has 1 N–H and O–H groups in total. The average molecular weight is 450 g/mol. The standard InChI is InChI=1S/C21H15BrF3NO2/c22-17-9-6-15(7-10-17)20(27)26-18-12-16(21(23,24)25)8-11-19(18)28-13-14-4-2-1-3-5-14/h1-12H,13H2,(H,26,27). The lowest BCUT2D eigenvalue weighted by Gasteiger charge is -2.15. The summed E-state index contributed by atoms with van der Waals surface area (Å²) in [5, 5.41) is 2.52. The van der Waals surface area contributed by atoms with Gasteiger partial charge in [-0.25, -0.2) is 0 Å². The van der Waals surface area contributed by atoms with Crippen molar-refractivity contribution >= 4 is 27.5 Å². The van der Waals surface area contributed by atoms with Gasteiger partial charge in [-0.3, -0.25) is 4.79 Å². The monoisotopic (exact) mass is 449 g/mol. The number of amides is 1. The van der Waals surface area contributed by atoms with Gasteiger partial charge in [0.1, 0.15) is 12.4 Å². The van der Waals surface area contributed by atoms with Crippen molar-refractivity contribution in [1.29, 1.82) is 0 Å². The van der Waals surface area contributed by atoms with E-state index < -0.39 is 17.6 Å². The van der Waals surface area contributed by atoms with Crippen LogP contribution in [-0.2, 0) is 12.8 Å². The Morgan fingerprint density at radius 2 is 1.64 bits per heavy atom. The van der Waals surface area contributed by atoms with E-state index in [2.05, 4.69) is 21.2 Å². The number of halogens is 4. The molecule has 28 heavy (non-hydrogen) atoms. The third-order valence-electron chi connectivity index (χ3n) is 3.90. The molecule has 0 bridgehead atoms. The summed E-state index contributed by atoms with van der Waals surface area (Å²) in [6, 6.07) is 18.7. The molecule has 7 heteroatoms. The molecule has 0 atom stereocenters. The SMILES string of the molecule is O=C(Nc1cc(C(F)(F)F)ccc1OCc1ccccc1)c1ccc(Br)cc1. The summed E-state index contributed by atoms with van der Waals surface area (Å²) in [6.45, 7) is 0.160. The lowest BCUT2D eigenvalue weighted by atomic mass is 10.1. The van der Waals surface area contributed by atoms with E-state index in [0.717, 1.165) is 22.2 Å². The number of anilines is 1. The highest BCUT2D eigenvalue weighted by Crippen LogP contribution is 2.35. The molecule has 0 saturated carbocycles. The van der Waals surface area contributed by atoms with E-state index in [1.165, 1.54) is 6.07 Å². The summed E-state index contributed by atoms with van der Waals surface area (Å²) in [5.74, 6) is -0.376. The quantitative estimate of drug-likeness (QED) is 0.496. The van der Waals surface area contributed by atoms with E-state index in [4.69, 9.17) is 4.74 Å². The highest BCUT2D eigenvalue weighted by atomic mass is 79.9. The van der Waals surface area contributed by atoms with Crippen LogP contribution in [0.5, 0.6) is 5.75 Å². The Hall–Kier alpha value is -2.80. The van der Waals surface area contributed by atoms with Crippen molar-refractivity contribution < 1.29 is 22.7 Å². The van der Waals surface area contributed by atoms with Gasteiger partial charge in [0.2, 0.25) is 0 Å². The molecule has 0 spiro atoms. The summed E-state index contributed by atoms with van der Waals surface area (Å²) in [4.78, 5) is 12.4. The maximum absolute atomic E-state index is 13.1. The molecule has 0 fully saturated rings. The topological polar surface area (TPSA) is 38.3 Å². The Kier molecular flexibility index (Phi) is 6.04. The third-order valence-corrected chi connectivity index (χ3v) is 4.43. The Morgan fingerprint density at radius 3 is 2.29 bits per heavy atom. The zero-order chi connectivity index (χ0) is 20.1. The molecular formula is C21H15BrF3NO2. The van der Waals surface area contributed by atoms with Crippen molar-refractivity contribution in [2.75, 3.05) is 5.32 Å². The number of hydrogen-bond acceptors (Lipinski definition) is 2. The Morgan fingerprint density at radius 1 is 0.964 bits per heavy atom. The largest absolute Gasteiger partial charge is 0.487 e. The highest BCUT2D eigenvalue weighted by molar-refractivity contribution is 9.10. The Bertz CT molecular complexity index is 958. The number of carbonyl (C=O) groups is 1. The van der Waals surface area contributed by atoms with Crippen LogP contribution in [0.3, 0.4) is 0 Å². The molecule has 0 aliphatic rings. The summed E-state index contributed by atoms with van der Waals surface area (Å²) in [6.07, 6.45) is -4.53. The maximum Gasteiger partial charge on any atom is 0.416 e. The zero-order valence-corrected chi connectivity index (χ0v) is 16.0. The first-order valence-electron chi connectivity index (χ1n) is 8.28. The number of carbonyl (C=O) groups excluding carboxylic acids is 1. The number of benzene rings is 3. The second-order valence-corrected chi connectivity index (χ2v) is 6.86. The van der Waals surface area contributed by atoms with Crippen LogP contribution < -0.4 is 10.1 Å². The highest BCUT2D eigenvalue weighted by Gasteiger charge is 2.31. The van der Waals surface area contributed by atoms with Crippen LogP contribution in [0.25, 0.3) is 0 Å². The molecule has 0 unspecified atom stereocenters. The van der Waals surface area contributed by atoms with E-state index >= 15 is 0 Å². The van der Waals surface area contributed by atoms with E-state index in [9.17, 15) is 18.0 Å². The van der Waals surface area contributed by atoms with Crippen LogP contribution in [0.2, 0.25) is 0 Å². The lowest BCUT2D eigenvalue weighted by molar-refractivity contribution is -0.137. The summed E-state index contributed by atoms with van der Waals surface area (Å²) < 4.78 is 45.7. The smallest absolute Gasteiger partial charge is 0.416 e. The zero-order valence-electron chi connectivity index (χ0n) is 14.5. The van der Waals surface area contributed by atoms with Crippen molar-refractivity contribution in [1.82, 2.24) is 0 Å². The van der Waals surface area contributed by atoms with Gasteiger partial charge in [-0.2, -0.15) is 13.2 Å². The van der Waals surface area contributed by atoms with E-state index in [1.54, 1.807) is 24.3 Å². The van der Waals surface area contributed by atoms with Gasteiger partial charge in [0.25, 0.3) is 5.91 Å². The molecule has 0 aliphatic heterocycles. The van der Waals surface area contributed by atoms with Crippen LogP contribution in [0.15, 0.2) is 77.3 Å². The molecule has 3 rings (SSSR count). The summed E-state index contributed by atoms with van der Waals surface area (Å²) in [7, 11) is 0. The van der Waals surface area contributed by atoms with E-state index in [-0.39, 0.29) is 18.0 Å². The summed E-state index contributed by atoms with van der Waals surface area (Å²) in [5.41, 5.74) is 0.256. The normalized spacial score (nSPS) is 11.1. The second-order valence-electron chi connectivity index (χ2n) is 5.94. The van der Waals surface area contributed by atoms with Crippen molar-refractivity contribution in [3.8, 4) is 5.75 Å². The molecule has 3 nitrogen and oxygen atoms in total. The van der Waals surface area contributed by atoms with Crippen molar-refractivity contribution in [2.24, 2.45) is 0 Å². The lowest BCUT2D eigenvalue weighted by Crippen LogP contribution is -2.14. The molecule has 144 valence electrons. The number of rotatable bonds is 5. The minimum absolute atomic E-state index is 0.0429. The number of nitrogens with one attached hydrogen (secondary N) is 1. The fourth-order valence-corrected chi connectivity index (χ4v) is 2.73. The van der Waals surface area contributed by atoms with Crippen molar-refractivity contribution in [3.05, 3.63) is 94.0 Å². The predicted molar refractivity (Wildman–Crippen MR) is 104 cm³/mol. The van der Waals surface area contributed by atoms with Crippen molar-refractivity contribution in [3.63, 3.8) is 0 Å². The first-order valence-corrected chi connectivity index (χ1v) is 9.07. The van der Waals surface area contributed by atoms with Gasteiger partial charge in [-0.05, 0) is 48.0 Å². The molecule has 0 heterocycles. The van der Waals surface area contributed by atoms with Gasteiger partial charge in [-0.15, -0.1) is 0 Å². The minimum Gasteiger partial charge on any atom is -0.487 e. The number of alkyl halides is 3. The Labute approximate surface area is 168 Å². The molecule has 1 amide bonds. The minimum atomic E-state index is -4.53. The Balaban J connectivity index is 1.86. The average Bonchev–Trinajstić information content (AvgIpc) is 2.67. The van der Waals surface area contributed by atoms with Crippen molar-refractivity contribution in [2.45, 2.75) is 12.8 Å². The molecular weight excluding hydrogens is 435 g/mol. The van der Waals surface area contributed by atoms with Crippen LogP contribution in [0, 0.1) is 0 Å².